The van der Waals surface area contributed by atoms with E-state index in [-0.39, 0.29) is 11.5 Å². The Morgan fingerprint density at radius 3 is 2.50 bits per heavy atom. The Labute approximate surface area is 119 Å². The Morgan fingerprint density at radius 2 is 1.85 bits per heavy atom. The zero-order valence-electron chi connectivity index (χ0n) is 11.8. The normalized spacial score (nSPS) is 15.8. The molecule has 0 heterocycles. The van der Waals surface area contributed by atoms with Crippen molar-refractivity contribution in [3.05, 3.63) is 29.8 Å². The summed E-state index contributed by atoms with van der Waals surface area (Å²) in [6.45, 7) is 0. The predicted molar refractivity (Wildman–Crippen MR) is 78.0 cm³/mol. The fourth-order valence-electron chi connectivity index (χ4n) is 2.86. The van der Waals surface area contributed by atoms with Crippen molar-refractivity contribution in [2.45, 2.75) is 38.5 Å². The molecule has 0 saturated heterocycles. The molecule has 0 unspecified atom stereocenters. The van der Waals surface area contributed by atoms with Gasteiger partial charge < -0.3 is 10.0 Å². The van der Waals surface area contributed by atoms with Gasteiger partial charge in [0.05, 0.1) is 11.3 Å². The van der Waals surface area contributed by atoms with Gasteiger partial charge in [0.1, 0.15) is 0 Å². The van der Waals surface area contributed by atoms with Crippen molar-refractivity contribution in [1.82, 2.24) is 0 Å². The summed E-state index contributed by atoms with van der Waals surface area (Å²) in [5.74, 6) is -0.542. The van der Waals surface area contributed by atoms with E-state index in [4.69, 9.17) is 0 Å². The maximum atomic E-state index is 12.3. The number of benzene rings is 1. The number of amides is 1. The molecule has 1 saturated carbocycles. The van der Waals surface area contributed by atoms with Gasteiger partial charge in [-0.1, -0.05) is 31.4 Å². The molecule has 4 heteroatoms. The molecule has 0 aliphatic heterocycles. The minimum atomic E-state index is -1.00. The van der Waals surface area contributed by atoms with Gasteiger partial charge >= 0.3 is 5.97 Å². The lowest BCUT2D eigenvalue weighted by Gasteiger charge is -2.25. The van der Waals surface area contributed by atoms with Crippen LogP contribution in [-0.2, 0) is 4.79 Å². The number of para-hydroxylation sites is 1. The Bertz CT molecular complexity index is 492. The molecule has 0 radical (unpaired) electrons. The van der Waals surface area contributed by atoms with Gasteiger partial charge in [0.15, 0.2) is 0 Å². The van der Waals surface area contributed by atoms with E-state index in [0.717, 1.165) is 12.8 Å². The molecule has 1 aromatic rings. The van der Waals surface area contributed by atoms with Gasteiger partial charge in [0.25, 0.3) is 0 Å². The highest BCUT2D eigenvalue weighted by molar-refractivity contribution is 6.01. The van der Waals surface area contributed by atoms with Crippen molar-refractivity contribution in [1.29, 1.82) is 0 Å². The average Bonchev–Trinajstić information content (AvgIpc) is 2.47. The van der Waals surface area contributed by atoms with Crippen LogP contribution in [0.4, 0.5) is 5.69 Å². The Hall–Kier alpha value is -1.84. The number of anilines is 1. The zero-order valence-corrected chi connectivity index (χ0v) is 11.8. The molecule has 20 heavy (non-hydrogen) atoms. The van der Waals surface area contributed by atoms with E-state index in [1.165, 1.54) is 30.2 Å². The standard InChI is InChI=1S/C16H21NO3/c1-17(14-10-6-5-9-13(14)16(19)20)15(18)11-12-7-3-2-4-8-12/h5-6,9-10,12H,2-4,7-8,11H2,1H3,(H,19,20). The largest absolute Gasteiger partial charge is 0.478 e. The van der Waals surface area contributed by atoms with Gasteiger partial charge in [-0.05, 0) is 30.9 Å². The number of nitrogens with zero attached hydrogens (tertiary/aromatic N) is 1. The van der Waals surface area contributed by atoms with Crippen LogP contribution in [0.2, 0.25) is 0 Å². The lowest BCUT2D eigenvalue weighted by Crippen LogP contribution is -2.30. The molecule has 1 amide bonds. The lowest BCUT2D eigenvalue weighted by atomic mass is 9.86. The fraction of sp³-hybridized carbons (Fsp3) is 0.500. The maximum absolute atomic E-state index is 12.3. The van der Waals surface area contributed by atoms with Crippen molar-refractivity contribution < 1.29 is 14.7 Å². The smallest absolute Gasteiger partial charge is 0.337 e. The average molecular weight is 275 g/mol. The van der Waals surface area contributed by atoms with Gasteiger partial charge in [-0.2, -0.15) is 0 Å². The van der Waals surface area contributed by atoms with Crippen molar-refractivity contribution in [3.8, 4) is 0 Å². The number of carboxylic acids is 1. The molecular weight excluding hydrogens is 254 g/mol. The third-order valence-electron chi connectivity index (χ3n) is 4.06. The number of carbonyl (C=O) groups excluding carboxylic acids is 1. The Morgan fingerprint density at radius 1 is 1.20 bits per heavy atom. The van der Waals surface area contributed by atoms with Crippen LogP contribution < -0.4 is 4.90 Å². The molecular formula is C16H21NO3. The molecule has 0 bridgehead atoms. The van der Waals surface area contributed by atoms with Crippen LogP contribution in [0.15, 0.2) is 24.3 Å². The van der Waals surface area contributed by atoms with Crippen molar-refractivity contribution in [2.75, 3.05) is 11.9 Å². The maximum Gasteiger partial charge on any atom is 0.337 e. The first kappa shape index (κ1) is 14.6. The molecule has 1 aromatic carbocycles. The van der Waals surface area contributed by atoms with Gasteiger partial charge in [0.2, 0.25) is 5.91 Å². The summed E-state index contributed by atoms with van der Waals surface area (Å²) in [4.78, 5) is 25.0. The molecule has 1 aliphatic carbocycles. The monoisotopic (exact) mass is 275 g/mol. The minimum Gasteiger partial charge on any atom is -0.478 e. The van der Waals surface area contributed by atoms with Gasteiger partial charge in [-0.25, -0.2) is 4.79 Å². The zero-order chi connectivity index (χ0) is 14.5. The van der Waals surface area contributed by atoms with E-state index in [1.54, 1.807) is 25.2 Å². The molecule has 0 atom stereocenters. The summed E-state index contributed by atoms with van der Waals surface area (Å²) in [6.07, 6.45) is 6.41. The highest BCUT2D eigenvalue weighted by Gasteiger charge is 2.22. The Kier molecular flexibility index (Phi) is 4.77. The second-order valence-electron chi connectivity index (χ2n) is 5.48. The third-order valence-corrected chi connectivity index (χ3v) is 4.06. The number of rotatable bonds is 4. The molecule has 108 valence electrons. The SMILES string of the molecule is CN(C(=O)CC1CCCCC1)c1ccccc1C(=O)O. The van der Waals surface area contributed by atoms with Gasteiger partial charge in [-0.15, -0.1) is 0 Å². The predicted octanol–water partition coefficient (Wildman–Crippen LogP) is 3.32. The van der Waals surface area contributed by atoms with E-state index >= 15 is 0 Å². The Balaban J connectivity index is 2.08. The summed E-state index contributed by atoms with van der Waals surface area (Å²) in [5, 5.41) is 9.18. The third kappa shape index (κ3) is 3.38. The van der Waals surface area contributed by atoms with Crippen molar-refractivity contribution in [3.63, 3.8) is 0 Å². The molecule has 4 nitrogen and oxygen atoms in total. The van der Waals surface area contributed by atoms with E-state index in [9.17, 15) is 14.7 Å². The number of aromatic carboxylic acids is 1. The number of hydrogen-bond donors (Lipinski definition) is 1. The van der Waals surface area contributed by atoms with Crippen molar-refractivity contribution >= 4 is 17.6 Å². The van der Waals surface area contributed by atoms with Crippen LogP contribution in [-0.4, -0.2) is 24.0 Å². The van der Waals surface area contributed by atoms with E-state index < -0.39 is 5.97 Å². The quantitative estimate of drug-likeness (QED) is 0.917. The molecule has 1 aliphatic rings. The number of carboxylic acid groups (broad SMARTS) is 1. The second kappa shape index (κ2) is 6.55. The highest BCUT2D eigenvalue weighted by Crippen LogP contribution is 2.28. The van der Waals surface area contributed by atoms with E-state index in [2.05, 4.69) is 0 Å². The molecule has 1 N–H and O–H groups in total. The molecule has 0 spiro atoms. The fourth-order valence-corrected chi connectivity index (χ4v) is 2.86. The summed E-state index contributed by atoms with van der Waals surface area (Å²) < 4.78 is 0. The minimum absolute atomic E-state index is 0.00519. The second-order valence-corrected chi connectivity index (χ2v) is 5.48. The van der Waals surface area contributed by atoms with Crippen LogP contribution in [0.25, 0.3) is 0 Å². The molecule has 2 rings (SSSR count). The first-order valence-corrected chi connectivity index (χ1v) is 7.18. The molecule has 1 fully saturated rings. The number of hydrogen-bond acceptors (Lipinski definition) is 2. The van der Waals surface area contributed by atoms with E-state index in [0.29, 0.717) is 18.0 Å². The van der Waals surface area contributed by atoms with Gasteiger partial charge in [-0.3, -0.25) is 4.79 Å². The first-order valence-electron chi connectivity index (χ1n) is 7.18. The molecule has 0 aromatic heterocycles. The summed E-state index contributed by atoms with van der Waals surface area (Å²) in [6, 6.07) is 6.64. The highest BCUT2D eigenvalue weighted by atomic mass is 16.4. The van der Waals surface area contributed by atoms with E-state index in [1.807, 2.05) is 0 Å². The van der Waals surface area contributed by atoms with Gasteiger partial charge in [0, 0.05) is 13.5 Å². The van der Waals surface area contributed by atoms with Crippen LogP contribution >= 0.6 is 0 Å². The number of carbonyl (C=O) groups is 2. The summed E-state index contributed by atoms with van der Waals surface area (Å²) >= 11 is 0. The topological polar surface area (TPSA) is 57.6 Å². The summed E-state index contributed by atoms with van der Waals surface area (Å²) in [5.41, 5.74) is 0.646. The van der Waals surface area contributed by atoms with Crippen LogP contribution in [0, 0.1) is 5.92 Å². The summed E-state index contributed by atoms with van der Waals surface area (Å²) in [7, 11) is 1.66. The lowest BCUT2D eigenvalue weighted by molar-refractivity contribution is -0.119. The van der Waals surface area contributed by atoms with Crippen molar-refractivity contribution in [2.24, 2.45) is 5.92 Å². The van der Waals surface area contributed by atoms with Crippen LogP contribution in [0.3, 0.4) is 0 Å². The van der Waals surface area contributed by atoms with Crippen LogP contribution in [0.1, 0.15) is 48.9 Å². The first-order chi connectivity index (χ1) is 9.59. The van der Waals surface area contributed by atoms with Crippen LogP contribution in [0.5, 0.6) is 0 Å².